The van der Waals surface area contributed by atoms with E-state index in [1.807, 2.05) is 7.05 Å². The number of hydrogen-bond acceptors (Lipinski definition) is 2. The molecule has 0 bridgehead atoms. The molecule has 1 aliphatic heterocycles. The van der Waals surface area contributed by atoms with Gasteiger partial charge >= 0.3 is 0 Å². The van der Waals surface area contributed by atoms with Gasteiger partial charge in [-0.1, -0.05) is 30.7 Å². The molecule has 2 aliphatic rings. The fraction of sp³-hybridized carbons (Fsp3) is 0.625. The smallest absolute Gasteiger partial charge is 0.0233 e. The lowest BCUT2D eigenvalue weighted by molar-refractivity contribution is 0.303. The topological polar surface area (TPSA) is 15.3 Å². The molecule has 0 amide bonds. The van der Waals surface area contributed by atoms with Gasteiger partial charge in [0.05, 0.1) is 0 Å². The molecule has 18 heavy (non-hydrogen) atoms. The lowest BCUT2D eigenvalue weighted by Crippen LogP contribution is -2.21. The zero-order chi connectivity index (χ0) is 12.4. The first-order valence-electron chi connectivity index (χ1n) is 7.30. The highest BCUT2D eigenvalue weighted by Gasteiger charge is 2.35. The molecule has 3 rings (SSSR count). The van der Waals surface area contributed by atoms with Crippen LogP contribution in [0.3, 0.4) is 0 Å². The second-order valence-electron chi connectivity index (χ2n) is 5.99. The van der Waals surface area contributed by atoms with Crippen molar-refractivity contribution in [3.05, 3.63) is 35.4 Å². The third-order valence-corrected chi connectivity index (χ3v) is 4.61. The van der Waals surface area contributed by atoms with Gasteiger partial charge in [0.2, 0.25) is 0 Å². The molecule has 1 aromatic carbocycles. The Balaban J connectivity index is 1.56. The fourth-order valence-electron chi connectivity index (χ4n) is 3.69. The maximum atomic E-state index is 3.19. The Hall–Kier alpha value is -0.860. The number of nitrogens with one attached hydrogen (secondary N) is 1. The number of fused-ring (bicyclic) bond motifs is 1. The molecule has 0 aromatic heterocycles. The van der Waals surface area contributed by atoms with E-state index in [1.165, 1.54) is 43.5 Å². The third-order valence-electron chi connectivity index (χ3n) is 4.61. The van der Waals surface area contributed by atoms with Gasteiger partial charge in [0.1, 0.15) is 0 Å². The molecule has 0 radical (unpaired) electrons. The predicted octanol–water partition coefficient (Wildman–Crippen LogP) is 2.64. The number of likely N-dealkylation sites (tertiary alicyclic amines) is 1. The van der Waals surface area contributed by atoms with Crippen molar-refractivity contribution in [3.63, 3.8) is 0 Å². The van der Waals surface area contributed by atoms with Gasteiger partial charge in [0, 0.05) is 26.2 Å². The summed E-state index contributed by atoms with van der Waals surface area (Å²) in [5.74, 6) is 2.02. The van der Waals surface area contributed by atoms with Crippen LogP contribution in [0.4, 0.5) is 0 Å². The van der Waals surface area contributed by atoms with Crippen molar-refractivity contribution in [1.82, 2.24) is 10.2 Å². The van der Waals surface area contributed by atoms with E-state index in [4.69, 9.17) is 0 Å². The van der Waals surface area contributed by atoms with Crippen LogP contribution in [-0.2, 0) is 13.1 Å². The van der Waals surface area contributed by atoms with E-state index in [-0.39, 0.29) is 0 Å². The van der Waals surface area contributed by atoms with Crippen molar-refractivity contribution in [1.29, 1.82) is 0 Å². The molecule has 2 atom stereocenters. The van der Waals surface area contributed by atoms with Gasteiger partial charge in [0.15, 0.2) is 0 Å². The molecule has 1 aromatic rings. The summed E-state index contributed by atoms with van der Waals surface area (Å²) in [4.78, 5) is 2.65. The Morgan fingerprint density at radius 2 is 1.67 bits per heavy atom. The van der Waals surface area contributed by atoms with Gasteiger partial charge < -0.3 is 5.32 Å². The van der Waals surface area contributed by atoms with Crippen LogP contribution in [0.15, 0.2) is 24.3 Å². The quantitative estimate of drug-likeness (QED) is 0.876. The van der Waals surface area contributed by atoms with Crippen LogP contribution in [0.2, 0.25) is 0 Å². The lowest BCUT2D eigenvalue weighted by Gasteiger charge is -2.17. The van der Waals surface area contributed by atoms with Gasteiger partial charge in [-0.25, -0.2) is 0 Å². The van der Waals surface area contributed by atoms with Crippen molar-refractivity contribution in [2.45, 2.75) is 32.4 Å². The highest BCUT2D eigenvalue weighted by atomic mass is 15.2. The molecule has 1 N–H and O–H groups in total. The first-order valence-corrected chi connectivity index (χ1v) is 7.30. The SMILES string of the molecule is CNCc1ccc(CN2CC3CCCC3C2)cc1. The molecule has 1 saturated carbocycles. The van der Waals surface area contributed by atoms with Crippen LogP contribution in [0, 0.1) is 11.8 Å². The van der Waals surface area contributed by atoms with Crippen LogP contribution in [-0.4, -0.2) is 25.0 Å². The Labute approximate surface area is 110 Å². The highest BCUT2D eigenvalue weighted by Crippen LogP contribution is 2.38. The van der Waals surface area contributed by atoms with E-state index in [1.54, 1.807) is 0 Å². The standard InChI is InChI=1S/C16H24N2/c1-17-9-13-5-7-14(8-6-13)10-18-11-15-3-2-4-16(15)12-18/h5-8,15-17H,2-4,9-12H2,1H3. The number of benzene rings is 1. The Morgan fingerprint density at radius 3 is 2.28 bits per heavy atom. The summed E-state index contributed by atoms with van der Waals surface area (Å²) in [6.07, 6.45) is 4.42. The van der Waals surface area contributed by atoms with E-state index in [0.29, 0.717) is 0 Å². The summed E-state index contributed by atoms with van der Waals surface area (Å²) in [5, 5.41) is 3.19. The van der Waals surface area contributed by atoms with Crippen molar-refractivity contribution in [3.8, 4) is 0 Å². The maximum absolute atomic E-state index is 3.19. The Morgan fingerprint density at radius 1 is 1.06 bits per heavy atom. The van der Waals surface area contributed by atoms with Crippen LogP contribution < -0.4 is 5.32 Å². The van der Waals surface area contributed by atoms with Gasteiger partial charge in [-0.05, 0) is 42.9 Å². The van der Waals surface area contributed by atoms with Gasteiger partial charge in [0.25, 0.3) is 0 Å². The summed E-state index contributed by atoms with van der Waals surface area (Å²) < 4.78 is 0. The number of nitrogens with zero attached hydrogens (tertiary/aromatic N) is 1. The molecule has 0 spiro atoms. The number of hydrogen-bond donors (Lipinski definition) is 1. The summed E-state index contributed by atoms with van der Waals surface area (Å²) in [6, 6.07) is 9.09. The normalized spacial score (nSPS) is 27.6. The van der Waals surface area contributed by atoms with E-state index in [9.17, 15) is 0 Å². The highest BCUT2D eigenvalue weighted by molar-refractivity contribution is 5.22. The van der Waals surface area contributed by atoms with Gasteiger partial charge in [-0.15, -0.1) is 0 Å². The molecular weight excluding hydrogens is 220 g/mol. The zero-order valence-corrected chi connectivity index (χ0v) is 11.4. The summed E-state index contributed by atoms with van der Waals surface area (Å²) >= 11 is 0. The van der Waals surface area contributed by atoms with Crippen molar-refractivity contribution < 1.29 is 0 Å². The van der Waals surface area contributed by atoms with Crippen molar-refractivity contribution >= 4 is 0 Å². The largest absolute Gasteiger partial charge is 0.316 e. The van der Waals surface area contributed by atoms with Crippen LogP contribution in [0.1, 0.15) is 30.4 Å². The second-order valence-corrected chi connectivity index (χ2v) is 5.99. The minimum Gasteiger partial charge on any atom is -0.316 e. The minimum atomic E-state index is 0.966. The third kappa shape index (κ3) is 2.60. The van der Waals surface area contributed by atoms with Crippen molar-refractivity contribution in [2.24, 2.45) is 11.8 Å². The van der Waals surface area contributed by atoms with Gasteiger partial charge in [-0.3, -0.25) is 4.90 Å². The van der Waals surface area contributed by atoms with Crippen LogP contribution in [0.25, 0.3) is 0 Å². The van der Waals surface area contributed by atoms with E-state index in [0.717, 1.165) is 24.9 Å². The van der Waals surface area contributed by atoms with E-state index in [2.05, 4.69) is 34.5 Å². The minimum absolute atomic E-state index is 0.966. The Kier molecular flexibility index (Phi) is 3.67. The Bertz CT molecular complexity index is 373. The molecule has 2 heteroatoms. The summed E-state index contributed by atoms with van der Waals surface area (Å²) in [5.41, 5.74) is 2.84. The zero-order valence-electron chi connectivity index (χ0n) is 11.4. The molecule has 98 valence electrons. The first kappa shape index (κ1) is 12.2. The average Bonchev–Trinajstić information content (AvgIpc) is 2.92. The van der Waals surface area contributed by atoms with Crippen molar-refractivity contribution in [2.75, 3.05) is 20.1 Å². The van der Waals surface area contributed by atoms with E-state index < -0.39 is 0 Å². The fourth-order valence-corrected chi connectivity index (χ4v) is 3.69. The lowest BCUT2D eigenvalue weighted by atomic mass is 10.0. The maximum Gasteiger partial charge on any atom is 0.0233 e. The molecule has 1 saturated heterocycles. The number of rotatable bonds is 4. The molecule has 2 unspecified atom stereocenters. The first-order chi connectivity index (χ1) is 8.85. The molecule has 1 aliphatic carbocycles. The second kappa shape index (κ2) is 5.41. The van der Waals surface area contributed by atoms with Crippen LogP contribution >= 0.6 is 0 Å². The average molecular weight is 244 g/mol. The monoisotopic (exact) mass is 244 g/mol. The predicted molar refractivity (Wildman–Crippen MR) is 75.3 cm³/mol. The van der Waals surface area contributed by atoms with E-state index >= 15 is 0 Å². The molecule has 1 heterocycles. The van der Waals surface area contributed by atoms with Crippen LogP contribution in [0.5, 0.6) is 0 Å². The molecule has 2 nitrogen and oxygen atoms in total. The molecule has 2 fully saturated rings. The summed E-state index contributed by atoms with van der Waals surface area (Å²) in [6.45, 7) is 4.78. The molecular formula is C16H24N2. The summed E-state index contributed by atoms with van der Waals surface area (Å²) in [7, 11) is 2.00. The van der Waals surface area contributed by atoms with Gasteiger partial charge in [-0.2, -0.15) is 0 Å².